The van der Waals surface area contributed by atoms with Gasteiger partial charge < -0.3 is 40.4 Å². The lowest BCUT2D eigenvalue weighted by atomic mass is 10.0. The number of nitrogens with one attached hydrogen (secondary N) is 4. The van der Waals surface area contributed by atoms with Gasteiger partial charge in [-0.05, 0) is 69.2 Å². The summed E-state index contributed by atoms with van der Waals surface area (Å²) in [7, 11) is 1.50. The number of aromatic nitrogens is 2. The van der Waals surface area contributed by atoms with Gasteiger partial charge >= 0.3 is 0 Å². The average molecular weight is 736 g/mol. The Morgan fingerprint density at radius 2 is 1.66 bits per heavy atom. The molecular formula is C38H53N7O8. The number of amides is 4. The van der Waals surface area contributed by atoms with E-state index in [2.05, 4.69) is 36.3 Å². The lowest BCUT2D eigenvalue weighted by Gasteiger charge is -2.25. The molecule has 0 fully saturated rings. The third-order valence-electron chi connectivity index (χ3n) is 8.68. The van der Waals surface area contributed by atoms with Gasteiger partial charge in [0, 0.05) is 31.6 Å². The van der Waals surface area contributed by atoms with E-state index in [0.717, 1.165) is 11.1 Å². The highest BCUT2D eigenvalue weighted by atomic mass is 16.5. The lowest BCUT2D eigenvalue weighted by Crippen LogP contribution is -2.57. The Bertz CT molecular complexity index is 1630. The number of carbonyl (C=O) groups excluding carboxylic acids is 4. The summed E-state index contributed by atoms with van der Waals surface area (Å²) < 4.78 is 16.8. The maximum atomic E-state index is 13.4. The van der Waals surface area contributed by atoms with Crippen molar-refractivity contribution < 1.29 is 38.3 Å². The average Bonchev–Trinajstić information content (AvgIpc) is 3.61. The van der Waals surface area contributed by atoms with Gasteiger partial charge in [0.05, 0.1) is 19.8 Å². The van der Waals surface area contributed by atoms with Crippen LogP contribution in [0.1, 0.15) is 64.3 Å². The summed E-state index contributed by atoms with van der Waals surface area (Å²) in [6, 6.07) is 12.7. The smallest absolute Gasteiger partial charge is 0.257 e. The van der Waals surface area contributed by atoms with Crippen molar-refractivity contribution in [3.05, 3.63) is 60.0 Å². The Hall–Kier alpha value is -5.02. The van der Waals surface area contributed by atoms with Crippen LogP contribution in [-0.2, 0) is 32.1 Å². The highest BCUT2D eigenvalue weighted by Crippen LogP contribution is 2.28. The molecule has 2 aliphatic rings. The summed E-state index contributed by atoms with van der Waals surface area (Å²) in [4.78, 5) is 58.9. The van der Waals surface area contributed by atoms with Crippen LogP contribution in [0, 0.1) is 5.92 Å². The number of fused-ring (bicyclic) bond motifs is 23. The summed E-state index contributed by atoms with van der Waals surface area (Å²) in [6.45, 7) is 7.47. The topological polar surface area (TPSA) is 197 Å². The van der Waals surface area contributed by atoms with Crippen molar-refractivity contribution in [1.29, 1.82) is 0 Å². The molecule has 0 radical (unpaired) electrons. The number of methoxy groups -OCH3 is 1. The van der Waals surface area contributed by atoms with E-state index in [4.69, 9.17) is 14.0 Å². The number of aliphatic hydroxyl groups excluding tert-OH is 1. The van der Waals surface area contributed by atoms with Gasteiger partial charge in [-0.25, -0.2) is 0 Å². The van der Waals surface area contributed by atoms with Crippen LogP contribution in [0.3, 0.4) is 0 Å². The molecule has 2 aliphatic heterocycles. The van der Waals surface area contributed by atoms with Crippen LogP contribution < -0.4 is 30.7 Å². The monoisotopic (exact) mass is 735 g/mol. The molecule has 2 bridgehead atoms. The fourth-order valence-electron chi connectivity index (χ4n) is 5.86. The second-order valence-corrected chi connectivity index (χ2v) is 13.6. The van der Waals surface area contributed by atoms with Crippen LogP contribution in [0.5, 0.6) is 11.5 Å². The number of benzene rings is 2. The van der Waals surface area contributed by atoms with Crippen LogP contribution >= 0.6 is 0 Å². The fraction of sp³-hybridized carbons (Fsp3) is 0.526. The molecule has 288 valence electrons. The molecule has 0 saturated heterocycles. The third kappa shape index (κ3) is 13.5. The molecule has 0 unspecified atom stereocenters. The minimum atomic E-state index is -1.20. The van der Waals surface area contributed by atoms with Crippen molar-refractivity contribution in [2.24, 2.45) is 5.92 Å². The van der Waals surface area contributed by atoms with E-state index < -0.39 is 30.0 Å². The van der Waals surface area contributed by atoms with Gasteiger partial charge in [-0.2, -0.15) is 4.98 Å². The second-order valence-electron chi connectivity index (χ2n) is 13.6. The largest absolute Gasteiger partial charge is 0.493 e. The molecule has 4 amide bonds. The molecule has 0 aliphatic carbocycles. The first-order valence-corrected chi connectivity index (χ1v) is 18.2. The molecular weight excluding hydrogens is 682 g/mol. The minimum absolute atomic E-state index is 0.0643. The van der Waals surface area contributed by atoms with Gasteiger partial charge in [-0.3, -0.25) is 24.1 Å². The predicted molar refractivity (Wildman–Crippen MR) is 197 cm³/mol. The van der Waals surface area contributed by atoms with Crippen molar-refractivity contribution in [3.8, 4) is 22.9 Å². The number of hydrogen-bond donors (Lipinski definition) is 5. The van der Waals surface area contributed by atoms with Crippen molar-refractivity contribution in [2.75, 3.05) is 39.9 Å². The molecule has 1 aromatic heterocycles. The maximum absolute atomic E-state index is 13.4. The van der Waals surface area contributed by atoms with Gasteiger partial charge in [-0.1, -0.05) is 55.4 Å². The number of nitrogens with zero attached hydrogens (tertiary/aromatic N) is 3. The van der Waals surface area contributed by atoms with Crippen molar-refractivity contribution in [2.45, 2.75) is 84.0 Å². The number of ether oxygens (including phenoxy) is 2. The molecule has 5 rings (SSSR count). The molecule has 0 spiro atoms. The zero-order valence-electron chi connectivity index (χ0n) is 31.1. The van der Waals surface area contributed by atoms with E-state index in [1.165, 1.54) is 14.0 Å². The molecule has 2 aromatic carbocycles. The summed E-state index contributed by atoms with van der Waals surface area (Å²) in [5, 5.41) is 25.8. The van der Waals surface area contributed by atoms with Gasteiger partial charge in [0.25, 0.3) is 5.91 Å². The van der Waals surface area contributed by atoms with E-state index >= 15 is 0 Å². The van der Waals surface area contributed by atoms with Crippen LogP contribution in [0.25, 0.3) is 11.4 Å². The van der Waals surface area contributed by atoms with E-state index in [-0.39, 0.29) is 30.8 Å². The molecule has 5 N–H and O–H groups in total. The normalized spacial score (nSPS) is 20.1. The van der Waals surface area contributed by atoms with Gasteiger partial charge in [0.1, 0.15) is 12.1 Å². The standard InChI is InChI=1S/C38H53N7O8/c1-25(2)21-29-37(49)43-35(26(3)46)38(50)40-17-8-9-19-45(23-34-42-36(44-53-34)28-11-6-5-7-12-28)20-10-18-39-33(48)24-52-30-15-13-27(22-31(30)51-4)14-16-32(47)41-29/h5-7,11-13,15,22,25-26,29,35,46H,8-10,14,16-21,23-24H2,1-4H3,(H,39,48)(H,40,50)(H,41,47)(H,43,49)/t26-,29-,35+/m1/s1. The van der Waals surface area contributed by atoms with E-state index in [0.29, 0.717) is 88.0 Å². The van der Waals surface area contributed by atoms with E-state index in [1.807, 2.05) is 44.2 Å². The van der Waals surface area contributed by atoms with Crippen LogP contribution in [0.4, 0.5) is 0 Å². The predicted octanol–water partition coefficient (Wildman–Crippen LogP) is 2.37. The fourth-order valence-corrected chi connectivity index (χ4v) is 5.86. The Kier molecular flexibility index (Phi) is 16.0. The minimum Gasteiger partial charge on any atom is -0.493 e. The number of carbonyl (C=O) groups is 4. The molecule has 0 saturated carbocycles. The van der Waals surface area contributed by atoms with Gasteiger partial charge in [0.15, 0.2) is 18.1 Å². The third-order valence-corrected chi connectivity index (χ3v) is 8.68. The number of rotatable bonds is 7. The first kappa shape index (κ1) is 40.7. The Morgan fingerprint density at radius 3 is 2.40 bits per heavy atom. The SMILES string of the molecule is COc1cc2ccc1OCC(=O)NCCCN(Cc1nc(-c3ccccc3)no1)CCCCNC(=O)[C@H]([C@@H](C)O)NC(=O)[C@@H](CC(C)C)NC(=O)CC2. The van der Waals surface area contributed by atoms with Gasteiger partial charge in [-0.15, -0.1) is 0 Å². The van der Waals surface area contributed by atoms with Crippen LogP contribution in [0.2, 0.25) is 0 Å². The number of aryl methyl sites for hydroxylation is 1. The molecule has 15 heteroatoms. The van der Waals surface area contributed by atoms with Gasteiger partial charge in [0.2, 0.25) is 29.4 Å². The van der Waals surface area contributed by atoms with Crippen LogP contribution in [0.15, 0.2) is 53.1 Å². The Balaban J connectivity index is 1.47. The molecule has 3 aromatic rings. The summed E-state index contributed by atoms with van der Waals surface area (Å²) in [6.07, 6.45) is 1.58. The molecule has 53 heavy (non-hydrogen) atoms. The Morgan fingerprint density at radius 1 is 0.906 bits per heavy atom. The summed E-state index contributed by atoms with van der Waals surface area (Å²) >= 11 is 0. The van der Waals surface area contributed by atoms with Crippen LogP contribution in [-0.4, -0.2) is 102 Å². The lowest BCUT2D eigenvalue weighted by molar-refractivity contribution is -0.134. The molecule has 15 nitrogen and oxygen atoms in total. The highest BCUT2D eigenvalue weighted by Gasteiger charge is 2.30. The van der Waals surface area contributed by atoms with E-state index in [1.54, 1.807) is 18.2 Å². The Labute approximate surface area is 310 Å². The maximum Gasteiger partial charge on any atom is 0.257 e. The first-order valence-electron chi connectivity index (χ1n) is 18.2. The quantitative estimate of drug-likeness (QED) is 0.224. The summed E-state index contributed by atoms with van der Waals surface area (Å²) in [5.74, 6) is 0.142. The zero-order valence-corrected chi connectivity index (χ0v) is 31.1. The highest BCUT2D eigenvalue weighted by molar-refractivity contribution is 5.92. The second kappa shape index (κ2) is 20.9. The number of hydrogen-bond acceptors (Lipinski definition) is 11. The zero-order chi connectivity index (χ0) is 38.2. The molecule has 3 heterocycles. The first-order chi connectivity index (χ1) is 25.5. The summed E-state index contributed by atoms with van der Waals surface area (Å²) in [5.41, 5.74) is 1.64. The van der Waals surface area contributed by atoms with Crippen molar-refractivity contribution in [1.82, 2.24) is 36.3 Å². The van der Waals surface area contributed by atoms with E-state index in [9.17, 15) is 24.3 Å². The number of aliphatic hydroxyl groups is 1. The molecule has 3 atom stereocenters. The van der Waals surface area contributed by atoms with Crippen molar-refractivity contribution >= 4 is 23.6 Å². The van der Waals surface area contributed by atoms with Crippen molar-refractivity contribution in [3.63, 3.8) is 0 Å².